The molecular formula is C18H21N3O3. The van der Waals surface area contributed by atoms with Gasteiger partial charge in [0, 0.05) is 36.5 Å². The van der Waals surface area contributed by atoms with Gasteiger partial charge in [-0.1, -0.05) is 0 Å². The number of aliphatic hydroxyl groups excluding tert-OH is 1. The van der Waals surface area contributed by atoms with Crippen LogP contribution in [0.25, 0.3) is 22.4 Å². The standard InChI is InChI=1S/C18H21N3O3/c1-23-16-10-14-15(11-17(16)24-2)21(8-3-9-22)18(20-14)12-4-6-13(19)7-5-12/h4-7,10-11,22H,3,8-9,19H2,1-2H3. The molecule has 3 N–H and O–H groups in total. The van der Waals surface area contributed by atoms with E-state index >= 15 is 0 Å². The van der Waals surface area contributed by atoms with Gasteiger partial charge in [0.2, 0.25) is 0 Å². The van der Waals surface area contributed by atoms with E-state index < -0.39 is 0 Å². The van der Waals surface area contributed by atoms with E-state index in [4.69, 9.17) is 20.2 Å². The molecule has 6 nitrogen and oxygen atoms in total. The van der Waals surface area contributed by atoms with E-state index in [1.807, 2.05) is 36.4 Å². The molecule has 0 spiro atoms. The van der Waals surface area contributed by atoms with Crippen molar-refractivity contribution in [3.63, 3.8) is 0 Å². The molecule has 1 heterocycles. The molecule has 0 bridgehead atoms. The number of methoxy groups -OCH3 is 2. The number of hydrogen-bond acceptors (Lipinski definition) is 5. The average molecular weight is 327 g/mol. The fourth-order valence-corrected chi connectivity index (χ4v) is 2.76. The number of benzene rings is 2. The first-order valence-electron chi connectivity index (χ1n) is 7.77. The lowest BCUT2D eigenvalue weighted by Gasteiger charge is -2.10. The first-order valence-corrected chi connectivity index (χ1v) is 7.77. The Hall–Kier alpha value is -2.73. The Balaban J connectivity index is 2.21. The topological polar surface area (TPSA) is 82.5 Å². The van der Waals surface area contributed by atoms with Crippen LogP contribution in [0.2, 0.25) is 0 Å². The largest absolute Gasteiger partial charge is 0.493 e. The molecule has 126 valence electrons. The predicted molar refractivity (Wildman–Crippen MR) is 94.4 cm³/mol. The molecule has 0 radical (unpaired) electrons. The summed E-state index contributed by atoms with van der Waals surface area (Å²) in [5, 5.41) is 9.22. The summed E-state index contributed by atoms with van der Waals surface area (Å²) in [5.74, 6) is 2.12. The van der Waals surface area contributed by atoms with Crippen molar-refractivity contribution in [3.8, 4) is 22.9 Å². The van der Waals surface area contributed by atoms with Gasteiger partial charge in [-0.2, -0.15) is 0 Å². The summed E-state index contributed by atoms with van der Waals surface area (Å²) in [4.78, 5) is 4.75. The third kappa shape index (κ3) is 2.88. The zero-order chi connectivity index (χ0) is 17.1. The van der Waals surface area contributed by atoms with Crippen LogP contribution in [0.15, 0.2) is 36.4 Å². The van der Waals surface area contributed by atoms with Crippen LogP contribution in [0.5, 0.6) is 11.5 Å². The van der Waals surface area contributed by atoms with Gasteiger partial charge < -0.3 is 24.9 Å². The summed E-state index contributed by atoms with van der Waals surface area (Å²) >= 11 is 0. The molecule has 1 aromatic heterocycles. The van der Waals surface area contributed by atoms with Crippen LogP contribution in [-0.2, 0) is 6.54 Å². The summed E-state index contributed by atoms with van der Waals surface area (Å²) in [7, 11) is 3.21. The van der Waals surface area contributed by atoms with Crippen LogP contribution < -0.4 is 15.2 Å². The zero-order valence-electron chi connectivity index (χ0n) is 13.8. The van der Waals surface area contributed by atoms with Gasteiger partial charge >= 0.3 is 0 Å². The number of rotatable bonds is 6. The summed E-state index contributed by atoms with van der Waals surface area (Å²) in [6, 6.07) is 11.4. The molecule has 0 fully saturated rings. The van der Waals surface area contributed by atoms with Crippen molar-refractivity contribution >= 4 is 16.7 Å². The lowest BCUT2D eigenvalue weighted by molar-refractivity contribution is 0.281. The van der Waals surface area contributed by atoms with Crippen LogP contribution in [-0.4, -0.2) is 35.5 Å². The molecule has 0 unspecified atom stereocenters. The minimum absolute atomic E-state index is 0.119. The monoisotopic (exact) mass is 327 g/mol. The molecule has 2 aromatic carbocycles. The molecule has 0 atom stereocenters. The smallest absolute Gasteiger partial charge is 0.163 e. The molecule has 6 heteroatoms. The number of hydrogen-bond donors (Lipinski definition) is 2. The number of nitrogens with zero attached hydrogens (tertiary/aromatic N) is 2. The first kappa shape index (κ1) is 16.1. The van der Waals surface area contributed by atoms with Gasteiger partial charge in [-0.15, -0.1) is 0 Å². The molecule has 3 rings (SSSR count). The number of fused-ring (bicyclic) bond motifs is 1. The summed E-state index contributed by atoms with van der Waals surface area (Å²) in [6.45, 7) is 0.774. The maximum Gasteiger partial charge on any atom is 0.163 e. The van der Waals surface area contributed by atoms with E-state index in [-0.39, 0.29) is 6.61 Å². The fourth-order valence-electron chi connectivity index (χ4n) is 2.76. The third-order valence-corrected chi connectivity index (χ3v) is 3.96. The number of imidazole rings is 1. The number of ether oxygens (including phenoxy) is 2. The highest BCUT2D eigenvalue weighted by molar-refractivity contribution is 5.84. The Morgan fingerprint density at radius 2 is 1.75 bits per heavy atom. The van der Waals surface area contributed by atoms with E-state index in [0.29, 0.717) is 30.2 Å². The Labute approximate surface area is 140 Å². The molecule has 0 aliphatic rings. The average Bonchev–Trinajstić information content (AvgIpc) is 2.96. The Kier molecular flexibility index (Phi) is 4.57. The second-order valence-electron chi connectivity index (χ2n) is 5.48. The second kappa shape index (κ2) is 6.80. The van der Waals surface area contributed by atoms with E-state index in [0.717, 1.165) is 22.4 Å². The minimum atomic E-state index is 0.119. The van der Waals surface area contributed by atoms with E-state index in [2.05, 4.69) is 4.57 Å². The minimum Gasteiger partial charge on any atom is -0.493 e. The number of nitrogen functional groups attached to an aromatic ring is 1. The lowest BCUT2D eigenvalue weighted by atomic mass is 10.2. The van der Waals surface area contributed by atoms with Crippen LogP contribution in [0.1, 0.15) is 6.42 Å². The number of aromatic nitrogens is 2. The molecule has 0 saturated carbocycles. The Morgan fingerprint density at radius 1 is 1.08 bits per heavy atom. The van der Waals surface area contributed by atoms with Gasteiger partial charge in [-0.05, 0) is 30.7 Å². The lowest BCUT2D eigenvalue weighted by Crippen LogP contribution is -2.03. The van der Waals surface area contributed by atoms with Crippen molar-refractivity contribution in [2.45, 2.75) is 13.0 Å². The highest BCUT2D eigenvalue weighted by Gasteiger charge is 2.16. The van der Waals surface area contributed by atoms with E-state index in [1.54, 1.807) is 14.2 Å². The molecule has 0 amide bonds. The van der Waals surface area contributed by atoms with Gasteiger partial charge in [0.15, 0.2) is 11.5 Å². The molecule has 3 aromatic rings. The first-order chi connectivity index (χ1) is 11.7. The Morgan fingerprint density at radius 3 is 2.38 bits per heavy atom. The highest BCUT2D eigenvalue weighted by atomic mass is 16.5. The maximum absolute atomic E-state index is 9.22. The van der Waals surface area contributed by atoms with Crippen molar-refractivity contribution in [2.24, 2.45) is 0 Å². The van der Waals surface area contributed by atoms with Gasteiger partial charge in [0.05, 0.1) is 25.3 Å². The number of anilines is 1. The van der Waals surface area contributed by atoms with Gasteiger partial charge in [0.1, 0.15) is 5.82 Å². The van der Waals surface area contributed by atoms with Crippen LogP contribution >= 0.6 is 0 Å². The number of aryl methyl sites for hydroxylation is 1. The molecule has 0 aliphatic carbocycles. The summed E-state index contributed by atoms with van der Waals surface area (Å²) < 4.78 is 12.9. The zero-order valence-corrected chi connectivity index (χ0v) is 13.8. The molecule has 0 aliphatic heterocycles. The summed E-state index contributed by atoms with van der Waals surface area (Å²) in [5.41, 5.74) is 9.21. The van der Waals surface area contributed by atoms with Crippen molar-refractivity contribution in [1.29, 1.82) is 0 Å². The van der Waals surface area contributed by atoms with E-state index in [1.165, 1.54) is 0 Å². The van der Waals surface area contributed by atoms with Crippen molar-refractivity contribution in [3.05, 3.63) is 36.4 Å². The van der Waals surface area contributed by atoms with Crippen molar-refractivity contribution < 1.29 is 14.6 Å². The van der Waals surface area contributed by atoms with Crippen LogP contribution in [0, 0.1) is 0 Å². The molecule has 24 heavy (non-hydrogen) atoms. The fraction of sp³-hybridized carbons (Fsp3) is 0.278. The van der Waals surface area contributed by atoms with Crippen LogP contribution in [0.4, 0.5) is 5.69 Å². The van der Waals surface area contributed by atoms with Crippen molar-refractivity contribution in [1.82, 2.24) is 9.55 Å². The van der Waals surface area contributed by atoms with Gasteiger partial charge in [0.25, 0.3) is 0 Å². The van der Waals surface area contributed by atoms with Crippen molar-refractivity contribution in [2.75, 3.05) is 26.6 Å². The number of nitrogens with two attached hydrogens (primary N) is 1. The van der Waals surface area contributed by atoms with Crippen LogP contribution in [0.3, 0.4) is 0 Å². The van der Waals surface area contributed by atoms with E-state index in [9.17, 15) is 5.11 Å². The highest BCUT2D eigenvalue weighted by Crippen LogP contribution is 2.34. The summed E-state index contributed by atoms with van der Waals surface area (Å²) in [6.07, 6.45) is 0.641. The number of aliphatic hydroxyl groups is 1. The van der Waals surface area contributed by atoms with Gasteiger partial charge in [-0.3, -0.25) is 0 Å². The van der Waals surface area contributed by atoms with Gasteiger partial charge in [-0.25, -0.2) is 4.98 Å². The normalized spacial score (nSPS) is 11.0. The third-order valence-electron chi connectivity index (χ3n) is 3.96. The molecular weight excluding hydrogens is 306 g/mol. The predicted octanol–water partition coefficient (Wildman–Crippen LogP) is 2.69. The SMILES string of the molecule is COc1cc2nc(-c3ccc(N)cc3)n(CCCO)c2cc1OC. The maximum atomic E-state index is 9.22. The second-order valence-corrected chi connectivity index (χ2v) is 5.48. The Bertz CT molecular complexity index is 841. The quantitative estimate of drug-likeness (QED) is 0.680. The molecule has 0 saturated heterocycles.